The highest BCUT2D eigenvalue weighted by molar-refractivity contribution is 7.93. The van der Waals surface area contributed by atoms with Crippen molar-refractivity contribution in [3.8, 4) is 11.5 Å². The lowest BCUT2D eigenvalue weighted by Gasteiger charge is -2.20. The average molecular weight is 348 g/mol. The second-order valence-corrected chi connectivity index (χ2v) is 6.92. The van der Waals surface area contributed by atoms with Crippen LogP contribution >= 0.6 is 0 Å². The highest BCUT2D eigenvalue weighted by Gasteiger charge is 2.37. The monoisotopic (exact) mass is 348 g/mol. The summed E-state index contributed by atoms with van der Waals surface area (Å²) in [6.45, 7) is 0. The highest BCUT2D eigenvalue weighted by atomic mass is 32.2. The number of hydrogen-bond acceptors (Lipinski definition) is 6. The molecule has 1 aromatic carbocycles. The van der Waals surface area contributed by atoms with Gasteiger partial charge in [-0.2, -0.15) is 4.31 Å². The Morgan fingerprint density at radius 2 is 1.79 bits per heavy atom. The zero-order valence-corrected chi connectivity index (χ0v) is 14.0. The predicted molar refractivity (Wildman–Crippen MR) is 86.8 cm³/mol. The van der Waals surface area contributed by atoms with Gasteiger partial charge in [0.1, 0.15) is 5.82 Å². The van der Waals surface area contributed by atoms with E-state index >= 15 is 0 Å². The Bertz CT molecular complexity index is 881. The normalized spacial score (nSPS) is 16.2. The number of carbonyl (C=O) groups is 1. The second kappa shape index (κ2) is 6.12. The summed E-state index contributed by atoms with van der Waals surface area (Å²) in [5.41, 5.74) is 0.513. The summed E-state index contributed by atoms with van der Waals surface area (Å²) in [5.74, 6) is 0.258. The van der Waals surface area contributed by atoms with Gasteiger partial charge in [0.25, 0.3) is 10.0 Å². The van der Waals surface area contributed by atoms with E-state index in [0.717, 1.165) is 4.31 Å². The van der Waals surface area contributed by atoms with Crippen molar-refractivity contribution in [1.29, 1.82) is 0 Å². The number of nitrogens with zero attached hydrogens (tertiary/aromatic N) is 2. The Balaban J connectivity index is 2.23. The molecule has 0 saturated carbocycles. The summed E-state index contributed by atoms with van der Waals surface area (Å²) in [6, 6.07) is 7.76. The standard InChI is InChI=1S/C16H16N2O5S/c1-22-12-9-11-6-7-16(19)18(15-5-3-4-8-17-15)24(20,21)14(11)10-13(12)23-2/h3-5,8-10H,6-7H2,1-2H3. The van der Waals surface area contributed by atoms with E-state index in [-0.39, 0.29) is 29.3 Å². The largest absolute Gasteiger partial charge is 0.493 e. The SMILES string of the molecule is COc1cc2c(cc1OC)S(=O)(=O)N(c1ccccn1)C(=O)CC2. The van der Waals surface area contributed by atoms with Gasteiger partial charge in [0.05, 0.1) is 19.1 Å². The van der Waals surface area contributed by atoms with Crippen molar-refractivity contribution in [1.82, 2.24) is 4.98 Å². The van der Waals surface area contributed by atoms with E-state index in [1.54, 1.807) is 18.2 Å². The molecule has 0 N–H and O–H groups in total. The third-order valence-corrected chi connectivity index (χ3v) is 5.58. The van der Waals surface area contributed by atoms with Crippen molar-refractivity contribution in [3.63, 3.8) is 0 Å². The number of amides is 1. The molecule has 1 aliphatic heterocycles. The van der Waals surface area contributed by atoms with E-state index in [1.807, 2.05) is 0 Å². The van der Waals surface area contributed by atoms with E-state index in [4.69, 9.17) is 9.47 Å². The molecule has 24 heavy (non-hydrogen) atoms. The lowest BCUT2D eigenvalue weighted by atomic mass is 10.1. The number of fused-ring (bicyclic) bond motifs is 1. The zero-order chi connectivity index (χ0) is 17.3. The number of rotatable bonds is 3. The molecule has 3 rings (SSSR count). The van der Waals surface area contributed by atoms with Gasteiger partial charge in [-0.15, -0.1) is 0 Å². The molecular formula is C16H16N2O5S. The first-order chi connectivity index (χ1) is 11.5. The quantitative estimate of drug-likeness (QED) is 0.840. The number of pyridine rings is 1. The topological polar surface area (TPSA) is 85.8 Å². The number of sulfonamides is 1. The van der Waals surface area contributed by atoms with Crippen molar-refractivity contribution < 1.29 is 22.7 Å². The summed E-state index contributed by atoms with van der Waals surface area (Å²) in [5, 5.41) is 0. The molecule has 0 atom stereocenters. The fourth-order valence-corrected chi connectivity index (χ4v) is 4.30. The van der Waals surface area contributed by atoms with Crippen molar-refractivity contribution in [2.45, 2.75) is 17.7 Å². The Labute approximate surface area is 139 Å². The summed E-state index contributed by atoms with van der Waals surface area (Å²) in [6.07, 6.45) is 1.79. The van der Waals surface area contributed by atoms with Crippen LogP contribution in [0.3, 0.4) is 0 Å². The summed E-state index contributed by atoms with van der Waals surface area (Å²) in [7, 11) is -1.19. The van der Waals surface area contributed by atoms with Gasteiger partial charge >= 0.3 is 0 Å². The van der Waals surface area contributed by atoms with Crippen molar-refractivity contribution in [3.05, 3.63) is 42.1 Å². The molecule has 1 amide bonds. The first-order valence-electron chi connectivity index (χ1n) is 7.23. The molecule has 0 saturated heterocycles. The van der Waals surface area contributed by atoms with E-state index in [1.165, 1.54) is 32.5 Å². The number of hydrogen-bond donors (Lipinski definition) is 0. The Morgan fingerprint density at radius 3 is 2.42 bits per heavy atom. The lowest BCUT2D eigenvalue weighted by molar-refractivity contribution is -0.117. The number of methoxy groups -OCH3 is 2. The molecule has 2 heterocycles. The smallest absolute Gasteiger partial charge is 0.272 e. The third kappa shape index (κ3) is 2.58. The van der Waals surface area contributed by atoms with Crippen LogP contribution in [0.5, 0.6) is 11.5 Å². The first kappa shape index (κ1) is 16.3. The molecule has 1 aromatic heterocycles. The van der Waals surface area contributed by atoms with Gasteiger partial charge in [0.15, 0.2) is 11.5 Å². The molecule has 2 aromatic rings. The van der Waals surface area contributed by atoms with Gasteiger partial charge in [-0.3, -0.25) is 4.79 Å². The van der Waals surface area contributed by atoms with Crippen LogP contribution in [0.1, 0.15) is 12.0 Å². The summed E-state index contributed by atoms with van der Waals surface area (Å²) < 4.78 is 37.3. The number of aryl methyl sites for hydroxylation is 1. The van der Waals surface area contributed by atoms with Crippen LogP contribution in [-0.2, 0) is 21.2 Å². The van der Waals surface area contributed by atoms with Crippen LogP contribution in [-0.4, -0.2) is 33.5 Å². The molecule has 0 spiro atoms. The molecule has 7 nitrogen and oxygen atoms in total. The summed E-state index contributed by atoms with van der Waals surface area (Å²) >= 11 is 0. The molecule has 0 unspecified atom stereocenters. The van der Waals surface area contributed by atoms with Gasteiger partial charge in [0, 0.05) is 18.7 Å². The second-order valence-electron chi connectivity index (χ2n) is 5.17. The third-order valence-electron chi connectivity index (χ3n) is 3.78. The number of carbonyl (C=O) groups excluding carboxylic acids is 1. The first-order valence-corrected chi connectivity index (χ1v) is 8.67. The molecule has 0 aliphatic carbocycles. The number of anilines is 1. The molecule has 126 valence electrons. The molecule has 0 radical (unpaired) electrons. The fourth-order valence-electron chi connectivity index (χ4n) is 2.64. The van der Waals surface area contributed by atoms with Crippen LogP contribution in [0.25, 0.3) is 0 Å². The predicted octanol–water partition coefficient (Wildman–Crippen LogP) is 1.77. The van der Waals surface area contributed by atoms with Crippen molar-refractivity contribution in [2.75, 3.05) is 18.5 Å². The van der Waals surface area contributed by atoms with Gasteiger partial charge < -0.3 is 9.47 Å². The zero-order valence-electron chi connectivity index (χ0n) is 13.2. The van der Waals surface area contributed by atoms with Crippen LogP contribution in [0.2, 0.25) is 0 Å². The maximum Gasteiger partial charge on any atom is 0.272 e. The molecule has 1 aliphatic rings. The Morgan fingerprint density at radius 1 is 1.08 bits per heavy atom. The maximum atomic E-state index is 13.1. The van der Waals surface area contributed by atoms with Gasteiger partial charge in [0.2, 0.25) is 5.91 Å². The molecule has 0 fully saturated rings. The van der Waals surface area contributed by atoms with Crippen LogP contribution in [0.4, 0.5) is 5.82 Å². The van der Waals surface area contributed by atoms with Gasteiger partial charge in [-0.25, -0.2) is 13.4 Å². The highest BCUT2D eigenvalue weighted by Crippen LogP contribution is 2.37. The molecule has 0 bridgehead atoms. The van der Waals surface area contributed by atoms with Gasteiger partial charge in [-0.1, -0.05) is 6.07 Å². The van der Waals surface area contributed by atoms with Crippen LogP contribution in [0.15, 0.2) is 41.4 Å². The number of ether oxygens (including phenoxy) is 2. The molecular weight excluding hydrogens is 332 g/mol. The number of aromatic nitrogens is 1. The van der Waals surface area contributed by atoms with E-state index in [9.17, 15) is 13.2 Å². The van der Waals surface area contributed by atoms with E-state index in [0.29, 0.717) is 11.3 Å². The van der Waals surface area contributed by atoms with E-state index < -0.39 is 15.9 Å². The maximum absolute atomic E-state index is 13.1. The van der Waals surface area contributed by atoms with Crippen LogP contribution in [0, 0.1) is 0 Å². The van der Waals surface area contributed by atoms with Crippen molar-refractivity contribution in [2.24, 2.45) is 0 Å². The van der Waals surface area contributed by atoms with E-state index in [2.05, 4.69) is 4.98 Å². The number of benzene rings is 1. The van der Waals surface area contributed by atoms with Gasteiger partial charge in [-0.05, 0) is 30.2 Å². The lowest BCUT2D eigenvalue weighted by Crippen LogP contribution is -2.36. The Kier molecular flexibility index (Phi) is 4.15. The minimum Gasteiger partial charge on any atom is -0.493 e. The van der Waals surface area contributed by atoms with Crippen LogP contribution < -0.4 is 13.8 Å². The minimum atomic E-state index is -4.09. The summed E-state index contributed by atoms with van der Waals surface area (Å²) in [4.78, 5) is 16.5. The van der Waals surface area contributed by atoms with Crippen molar-refractivity contribution >= 4 is 21.7 Å². The Hall–Kier alpha value is -2.61. The molecule has 8 heteroatoms. The minimum absolute atomic E-state index is 0.0247. The fraction of sp³-hybridized carbons (Fsp3) is 0.250. The average Bonchev–Trinajstić information content (AvgIpc) is 2.68.